The van der Waals surface area contributed by atoms with E-state index in [2.05, 4.69) is 22.5 Å². The van der Waals surface area contributed by atoms with Gasteiger partial charge in [0, 0.05) is 34.7 Å². The molecule has 4 aliphatic carbocycles. The Morgan fingerprint density at radius 3 is 2.37 bits per heavy atom. The Balaban J connectivity index is 1.07. The zero-order valence-corrected chi connectivity index (χ0v) is 25.5. The highest BCUT2D eigenvalue weighted by Gasteiger charge is 2.51. The predicted molar refractivity (Wildman–Crippen MR) is 167 cm³/mol. The summed E-state index contributed by atoms with van der Waals surface area (Å²) in [5.74, 6) is 3.13. The minimum Gasteiger partial charge on any atom is -0.392 e. The van der Waals surface area contributed by atoms with Crippen LogP contribution in [0.1, 0.15) is 74.5 Å². The van der Waals surface area contributed by atoms with Crippen LogP contribution >= 0.6 is 11.8 Å². The summed E-state index contributed by atoms with van der Waals surface area (Å²) < 4.78 is 13.3. The second kappa shape index (κ2) is 12.2. The van der Waals surface area contributed by atoms with Gasteiger partial charge in [0.05, 0.1) is 23.8 Å². The fourth-order valence-corrected chi connectivity index (χ4v) is 9.37. The molecule has 2 amide bonds. The number of nitrogens with one attached hydrogen (secondary N) is 2. The van der Waals surface area contributed by atoms with Crippen LogP contribution < -0.4 is 10.6 Å². The van der Waals surface area contributed by atoms with Gasteiger partial charge in [-0.3, -0.25) is 0 Å². The maximum atomic E-state index is 13.3. The average molecular weight is 600 g/mol. The number of carbonyl (C=O) groups is 1. The van der Waals surface area contributed by atoms with Gasteiger partial charge in [-0.15, -0.1) is 11.8 Å². The summed E-state index contributed by atoms with van der Waals surface area (Å²) in [7, 11) is 0. The molecule has 1 aromatic heterocycles. The number of rotatable bonds is 8. The quantitative estimate of drug-likeness (QED) is 0.236. The van der Waals surface area contributed by atoms with Crippen LogP contribution in [-0.4, -0.2) is 33.5 Å². The Morgan fingerprint density at radius 1 is 0.953 bits per heavy atom. The van der Waals surface area contributed by atoms with Crippen molar-refractivity contribution in [2.45, 2.75) is 81.1 Å². The van der Waals surface area contributed by atoms with Crippen molar-refractivity contribution in [3.8, 4) is 0 Å². The summed E-state index contributed by atoms with van der Waals surface area (Å²) in [5, 5.41) is 17.0. The molecule has 4 atom stereocenters. The van der Waals surface area contributed by atoms with Gasteiger partial charge in [0.2, 0.25) is 0 Å². The monoisotopic (exact) mass is 599 g/mol. The van der Waals surface area contributed by atoms with Gasteiger partial charge in [-0.2, -0.15) is 0 Å². The summed E-state index contributed by atoms with van der Waals surface area (Å²) in [6.45, 7) is 2.17. The first-order chi connectivity index (χ1) is 20.9. The summed E-state index contributed by atoms with van der Waals surface area (Å²) in [6.07, 6.45) is 8.31. The van der Waals surface area contributed by atoms with Crippen molar-refractivity contribution in [3.63, 3.8) is 0 Å². The first kappa shape index (κ1) is 28.8. The van der Waals surface area contributed by atoms with Crippen molar-refractivity contribution >= 4 is 23.5 Å². The van der Waals surface area contributed by atoms with Crippen molar-refractivity contribution in [2.75, 3.05) is 11.1 Å². The molecule has 0 spiro atoms. The molecular weight excluding hydrogens is 558 g/mol. The number of ether oxygens (including phenoxy) is 2. The number of aliphatic hydroxyl groups excluding tert-OH is 1. The number of hydrogen-bond acceptors (Lipinski definition) is 6. The maximum absolute atomic E-state index is 13.3. The maximum Gasteiger partial charge on any atom is 0.319 e. The number of anilines is 1. The van der Waals surface area contributed by atoms with Gasteiger partial charge in [-0.25, -0.2) is 9.78 Å². The molecule has 4 unspecified atom stereocenters. The fourth-order valence-electron chi connectivity index (χ4n) is 8.34. The van der Waals surface area contributed by atoms with Crippen LogP contribution in [0, 0.1) is 23.7 Å². The number of aliphatic hydroxyl groups is 1. The molecule has 2 heterocycles. The lowest BCUT2D eigenvalue weighted by Crippen LogP contribution is -2.60. The van der Waals surface area contributed by atoms with Crippen LogP contribution in [0.25, 0.3) is 0 Å². The van der Waals surface area contributed by atoms with Gasteiger partial charge >= 0.3 is 6.03 Å². The van der Waals surface area contributed by atoms with Gasteiger partial charge in [0.25, 0.3) is 0 Å². The molecule has 8 heteroatoms. The second-order valence-electron chi connectivity index (χ2n) is 13.2. The van der Waals surface area contributed by atoms with Gasteiger partial charge in [-0.05, 0) is 91.7 Å². The topological polar surface area (TPSA) is 92.7 Å². The number of urea groups is 1. The van der Waals surface area contributed by atoms with Gasteiger partial charge in [0.15, 0.2) is 6.29 Å². The molecule has 3 aromatic rings. The van der Waals surface area contributed by atoms with Crippen LogP contribution in [0.2, 0.25) is 0 Å². The Bertz CT molecular complexity index is 1380. The van der Waals surface area contributed by atoms with E-state index in [0.29, 0.717) is 0 Å². The van der Waals surface area contributed by atoms with E-state index in [-0.39, 0.29) is 36.3 Å². The number of nitrogens with zero attached hydrogens (tertiary/aromatic N) is 1. The molecule has 4 saturated carbocycles. The Hall–Kier alpha value is -2.91. The van der Waals surface area contributed by atoms with E-state index >= 15 is 0 Å². The molecule has 0 radical (unpaired) electrons. The number of pyridine rings is 1. The number of benzene rings is 2. The van der Waals surface area contributed by atoms with Gasteiger partial charge in [0.1, 0.15) is 0 Å². The average Bonchev–Trinajstić information content (AvgIpc) is 3.00. The zero-order chi connectivity index (χ0) is 29.4. The number of hydrogen-bond donors (Lipinski definition) is 3. The SMILES string of the molecule is CC1C(CSc2ccccn2)OC(c2cccc(NC(=O)NC34CC5CC(CC(C5)C3)C4)c2)OC1c1ccc(CO)cc1. The smallest absolute Gasteiger partial charge is 0.319 e. The van der Waals surface area contributed by atoms with Crippen LogP contribution in [0.4, 0.5) is 10.5 Å². The summed E-state index contributed by atoms with van der Waals surface area (Å²) >= 11 is 1.68. The van der Waals surface area contributed by atoms with Crippen molar-refractivity contribution in [1.29, 1.82) is 0 Å². The highest BCUT2D eigenvalue weighted by molar-refractivity contribution is 7.99. The first-order valence-corrected chi connectivity index (χ1v) is 16.7. The van der Waals surface area contributed by atoms with Gasteiger partial charge in [-0.1, -0.05) is 49.4 Å². The molecule has 5 fully saturated rings. The molecule has 2 aromatic carbocycles. The largest absolute Gasteiger partial charge is 0.392 e. The highest BCUT2D eigenvalue weighted by Crippen LogP contribution is 2.55. The van der Waals surface area contributed by atoms with E-state index in [1.165, 1.54) is 19.3 Å². The zero-order valence-electron chi connectivity index (χ0n) is 24.7. The lowest BCUT2D eigenvalue weighted by Gasteiger charge is -2.56. The Labute approximate surface area is 258 Å². The van der Waals surface area contributed by atoms with E-state index in [1.807, 2.05) is 72.9 Å². The molecule has 8 rings (SSSR count). The second-order valence-corrected chi connectivity index (χ2v) is 14.2. The van der Waals surface area contributed by atoms with E-state index in [1.54, 1.807) is 11.8 Å². The van der Waals surface area contributed by atoms with Crippen molar-refractivity contribution < 1.29 is 19.4 Å². The minimum absolute atomic E-state index is 0.00661. The molecule has 1 saturated heterocycles. The van der Waals surface area contributed by atoms with E-state index < -0.39 is 6.29 Å². The molecular formula is C35H41N3O4S. The van der Waals surface area contributed by atoms with Crippen LogP contribution in [0.5, 0.6) is 0 Å². The first-order valence-electron chi connectivity index (χ1n) is 15.7. The summed E-state index contributed by atoms with van der Waals surface area (Å²) in [6, 6.07) is 21.6. The summed E-state index contributed by atoms with van der Waals surface area (Å²) in [5.41, 5.74) is 3.47. The van der Waals surface area contributed by atoms with E-state index in [0.717, 1.165) is 70.2 Å². The lowest BCUT2D eigenvalue weighted by molar-refractivity contribution is -0.268. The molecule has 4 bridgehead atoms. The van der Waals surface area contributed by atoms with Crippen molar-refractivity contribution in [3.05, 3.63) is 89.6 Å². The third kappa shape index (κ3) is 6.34. The molecule has 7 nitrogen and oxygen atoms in total. The molecule has 1 aliphatic heterocycles. The van der Waals surface area contributed by atoms with Gasteiger partial charge < -0.3 is 25.2 Å². The number of amides is 2. The van der Waals surface area contributed by atoms with Crippen molar-refractivity contribution in [1.82, 2.24) is 10.3 Å². The molecule has 3 N–H and O–H groups in total. The van der Waals surface area contributed by atoms with E-state index in [4.69, 9.17) is 9.47 Å². The number of carbonyl (C=O) groups excluding carboxylic acids is 1. The Morgan fingerprint density at radius 2 is 1.70 bits per heavy atom. The molecule has 5 aliphatic rings. The Kier molecular flexibility index (Phi) is 8.20. The molecule has 226 valence electrons. The standard InChI is InChI=1S/C35H41N3O4S/c1-22-30(21-43-31-7-2-3-12-36-31)41-33(42-32(22)27-10-8-23(20-39)9-11-27)28-5-4-6-29(16-28)37-34(40)38-35-17-24-13-25(18-35)15-26(14-24)19-35/h2-12,16,22,24-26,30,32-33,39H,13-15,17-21H2,1H3,(H2,37,38,40). The third-order valence-corrected chi connectivity index (χ3v) is 11.0. The lowest BCUT2D eigenvalue weighted by atomic mass is 9.53. The highest BCUT2D eigenvalue weighted by atomic mass is 32.2. The summed E-state index contributed by atoms with van der Waals surface area (Å²) in [4.78, 5) is 17.8. The van der Waals surface area contributed by atoms with Crippen molar-refractivity contribution in [2.24, 2.45) is 23.7 Å². The van der Waals surface area contributed by atoms with E-state index in [9.17, 15) is 9.90 Å². The van der Waals surface area contributed by atoms with Crippen LogP contribution in [-0.2, 0) is 16.1 Å². The molecule has 43 heavy (non-hydrogen) atoms. The number of aromatic nitrogens is 1. The normalized spacial score (nSPS) is 32.8. The van der Waals surface area contributed by atoms with Crippen LogP contribution in [0.15, 0.2) is 78.0 Å². The number of thioether (sulfide) groups is 1. The third-order valence-electron chi connectivity index (χ3n) is 9.99. The fraction of sp³-hybridized carbons (Fsp3) is 0.486. The minimum atomic E-state index is -0.596. The van der Waals surface area contributed by atoms with Crippen LogP contribution in [0.3, 0.4) is 0 Å². The predicted octanol–water partition coefficient (Wildman–Crippen LogP) is 7.25.